The second kappa shape index (κ2) is 36.3. The Morgan fingerprint density at radius 3 is 1.67 bits per heavy atom. The van der Waals surface area contributed by atoms with Gasteiger partial charge in [0.2, 0.25) is 47.3 Å². The summed E-state index contributed by atoms with van der Waals surface area (Å²) in [6.07, 6.45) is -2.49. The van der Waals surface area contributed by atoms with E-state index < -0.39 is 156 Å². The molecule has 91 heavy (non-hydrogen) atoms. The minimum Gasteiger partial charge on any atom is -0.497 e. The lowest BCUT2D eigenvalue weighted by Crippen LogP contribution is -2.64. The lowest BCUT2D eigenvalue weighted by atomic mass is 9.95. The molecule has 0 saturated carbocycles. The van der Waals surface area contributed by atoms with Gasteiger partial charge in [-0.15, -0.1) is 0 Å². The van der Waals surface area contributed by atoms with Crippen molar-refractivity contribution in [3.8, 4) is 5.75 Å². The Balaban J connectivity index is 3.02. The van der Waals surface area contributed by atoms with E-state index in [1.54, 1.807) is 64.0 Å². The van der Waals surface area contributed by atoms with Crippen molar-refractivity contribution in [3.05, 3.63) is 29.8 Å². The van der Waals surface area contributed by atoms with Crippen molar-refractivity contribution in [1.29, 1.82) is 0 Å². The summed E-state index contributed by atoms with van der Waals surface area (Å²) in [6.45, 7) is 21.4. The molecule has 1 aromatic rings. The monoisotopic (exact) mass is 1290 g/mol. The highest BCUT2D eigenvalue weighted by Gasteiger charge is 2.47. The first-order valence-corrected chi connectivity index (χ1v) is 31.4. The van der Waals surface area contributed by atoms with Crippen LogP contribution in [0.4, 0.5) is 0 Å². The van der Waals surface area contributed by atoms with Crippen LogP contribution in [0.15, 0.2) is 24.3 Å². The molecule has 1 aliphatic heterocycles. The van der Waals surface area contributed by atoms with Crippen LogP contribution in [0.3, 0.4) is 0 Å². The fraction of sp³-hybridized carbons (Fsp3) is 0.738. The minimum absolute atomic E-state index is 0.00735. The smallest absolute Gasteiger partial charge is 0.328 e. The molecule has 0 spiro atoms. The lowest BCUT2D eigenvalue weighted by Gasteiger charge is -2.41. The summed E-state index contributed by atoms with van der Waals surface area (Å²) < 4.78 is 28.5. The Labute approximate surface area is 540 Å². The first kappa shape index (κ1) is 80.2. The van der Waals surface area contributed by atoms with Crippen LogP contribution in [0.1, 0.15) is 115 Å². The number of nitrogens with one attached hydrogen (secondary N) is 2. The number of esters is 2. The maximum Gasteiger partial charge on any atom is 0.328 e. The van der Waals surface area contributed by atoms with Crippen LogP contribution in [0.25, 0.3) is 0 Å². The number of methoxy groups -OCH3 is 3. The van der Waals surface area contributed by atoms with E-state index in [0.717, 1.165) is 24.5 Å². The van der Waals surface area contributed by atoms with Gasteiger partial charge >= 0.3 is 11.9 Å². The van der Waals surface area contributed by atoms with Gasteiger partial charge in [0.15, 0.2) is 6.10 Å². The average molecular weight is 1290 g/mol. The third kappa shape index (κ3) is 21.0. The van der Waals surface area contributed by atoms with Gasteiger partial charge in [-0.25, -0.2) is 4.79 Å². The molecule has 0 aliphatic carbocycles. The van der Waals surface area contributed by atoms with E-state index in [1.807, 2.05) is 48.5 Å². The summed E-state index contributed by atoms with van der Waals surface area (Å²) in [5, 5.41) is 5.63. The van der Waals surface area contributed by atoms with Gasteiger partial charge in [0, 0.05) is 70.0 Å². The number of nitrogens with zero attached hydrogens (tertiary/aromatic N) is 8. The highest BCUT2D eigenvalue weighted by molar-refractivity contribution is 5.99. The molecular weight excluding hydrogens is 1180 g/mol. The predicted octanol–water partition coefficient (Wildman–Crippen LogP) is 2.57. The van der Waals surface area contributed by atoms with E-state index in [9.17, 15) is 33.6 Å². The van der Waals surface area contributed by atoms with Crippen molar-refractivity contribution in [2.75, 3.05) is 98.0 Å². The zero-order chi connectivity index (χ0) is 70.0. The molecule has 1 aliphatic rings. The second-order valence-electron chi connectivity index (χ2n) is 26.1. The summed E-state index contributed by atoms with van der Waals surface area (Å²) in [5.74, 6) is -9.68. The molecule has 26 heteroatoms. The van der Waals surface area contributed by atoms with E-state index in [4.69, 9.17) is 23.7 Å². The van der Waals surface area contributed by atoms with Crippen LogP contribution >= 0.6 is 0 Å². The van der Waals surface area contributed by atoms with Crippen LogP contribution in [0.5, 0.6) is 5.75 Å². The van der Waals surface area contributed by atoms with E-state index in [1.165, 1.54) is 101 Å². The first-order chi connectivity index (χ1) is 42.3. The topological polar surface area (TPSA) is 284 Å². The van der Waals surface area contributed by atoms with Crippen molar-refractivity contribution >= 4 is 65.1 Å². The van der Waals surface area contributed by atoms with Gasteiger partial charge in [-0.2, -0.15) is 0 Å². The molecule has 1 heterocycles. The maximum absolute atomic E-state index is 15.6. The molecule has 0 radical (unpaired) electrons. The number of benzene rings is 1. The molecule has 516 valence electrons. The van der Waals surface area contributed by atoms with Crippen LogP contribution in [0.2, 0.25) is 0 Å². The molecule has 2 N–H and O–H groups in total. The molecule has 1 saturated heterocycles. The Kier molecular flexibility index (Phi) is 32.0. The van der Waals surface area contributed by atoms with Gasteiger partial charge in [0.25, 0.3) is 5.91 Å². The van der Waals surface area contributed by atoms with E-state index in [0.29, 0.717) is 17.7 Å². The van der Waals surface area contributed by atoms with E-state index in [-0.39, 0.29) is 43.6 Å². The van der Waals surface area contributed by atoms with Gasteiger partial charge < -0.3 is 68.6 Å². The number of amides is 9. The second-order valence-corrected chi connectivity index (χ2v) is 26.1. The zero-order valence-corrected chi connectivity index (χ0v) is 59.0. The van der Waals surface area contributed by atoms with Crippen LogP contribution in [-0.2, 0) is 78.1 Å². The number of rotatable bonds is 24. The lowest BCUT2D eigenvalue weighted by molar-refractivity contribution is -0.171. The molecular formula is C65H110N10O16. The number of hydrogen-bond donors (Lipinski definition) is 2. The fourth-order valence-electron chi connectivity index (χ4n) is 11.3. The quantitative estimate of drug-likeness (QED) is 0.141. The Morgan fingerprint density at radius 2 is 1.19 bits per heavy atom. The number of ether oxygens (including phenoxy) is 5. The number of carbonyl (C=O) groups excluding carboxylic acids is 11. The van der Waals surface area contributed by atoms with Crippen LogP contribution < -0.4 is 15.4 Å². The molecule has 1 aromatic carbocycles. The highest BCUT2D eigenvalue weighted by atomic mass is 16.6. The predicted molar refractivity (Wildman–Crippen MR) is 343 cm³/mol. The SMILES string of the molecule is CC[C@H](C)[C@H]1C(=O)N[C@@H](C)C(=O)N(C)[C@@H](CC(C)C)C(=O)N[C@@H](Cc2ccc(OC)cc2)C(=O)N(C)[C@@H](C)C(=O)O[C@H](C)[C@H](N(C)C(=O)[C@H](CC(C)C)N(C)C(=O)[C@H](COC)N(C)C(=O)[C@H](OC(=O)[C@H](C(C)C)N(C)C)C(C)C)C(=O)N(C)[C@@H](COC)C(=O)N1C. The van der Waals surface area contributed by atoms with Gasteiger partial charge in [-0.1, -0.05) is 87.8 Å². The molecule has 0 bridgehead atoms. The summed E-state index contributed by atoms with van der Waals surface area (Å²) >= 11 is 0. The molecule has 9 amide bonds. The minimum atomic E-state index is -1.79. The summed E-state index contributed by atoms with van der Waals surface area (Å²) in [4.78, 5) is 172. The highest BCUT2D eigenvalue weighted by Crippen LogP contribution is 2.25. The first-order valence-electron chi connectivity index (χ1n) is 31.4. The van der Waals surface area contributed by atoms with Crippen molar-refractivity contribution in [1.82, 2.24) is 49.8 Å². The zero-order valence-electron chi connectivity index (χ0n) is 59.0. The van der Waals surface area contributed by atoms with Crippen LogP contribution in [0, 0.1) is 29.6 Å². The summed E-state index contributed by atoms with van der Waals surface area (Å²) in [6, 6.07) is -6.41. The molecule has 13 atom stereocenters. The number of likely N-dealkylation sites (N-methyl/N-ethyl adjacent to an activating group) is 8. The molecule has 0 unspecified atom stereocenters. The van der Waals surface area contributed by atoms with Crippen LogP contribution in [-0.4, -0.2) is 275 Å². The van der Waals surface area contributed by atoms with Gasteiger partial charge in [0.05, 0.1) is 20.3 Å². The summed E-state index contributed by atoms with van der Waals surface area (Å²) in [5.41, 5.74) is 0.597. The van der Waals surface area contributed by atoms with Crippen molar-refractivity contribution in [2.24, 2.45) is 29.6 Å². The molecule has 26 nitrogen and oxygen atoms in total. The standard InChI is InChI=1S/C65H110N10O16/c1-26-40(10)52-56(77)66-41(11)57(78)70(17)47(31-36(2)3)55(76)67-46(33-44-27-29-45(89-25)30-28-44)58(79)69(16)42(12)64(85)90-43(13)53(62(83)72(19)50(35-88-24)61(82)74(52)21)75(22)59(80)48(32-37(4)5)71(18)60(81)49(34-87-23)73(20)63(84)54(39(8)9)91-65(86)51(38(6)7)68(14)15/h27-30,36-43,46-54H,26,31-35H2,1-25H3,(H,66,77)(H,67,76)/t40-,41-,42-,43+,46-,47-,48-,49-,50-,51-,52-,53-,54+/m0/s1. The number of carbonyl (C=O) groups is 11. The Hall–Kier alpha value is -6.93. The third-order valence-electron chi connectivity index (χ3n) is 17.2. The van der Waals surface area contributed by atoms with Crippen molar-refractivity contribution in [2.45, 2.75) is 188 Å². The van der Waals surface area contributed by atoms with Crippen molar-refractivity contribution in [3.63, 3.8) is 0 Å². The Bertz CT molecular complexity index is 2630. The van der Waals surface area contributed by atoms with Crippen molar-refractivity contribution < 1.29 is 76.4 Å². The Morgan fingerprint density at radius 1 is 0.626 bits per heavy atom. The van der Waals surface area contributed by atoms with Gasteiger partial charge in [-0.3, -0.25) is 52.8 Å². The van der Waals surface area contributed by atoms with Gasteiger partial charge in [-0.05, 0) is 95.0 Å². The number of hydrogen-bond acceptors (Lipinski definition) is 17. The summed E-state index contributed by atoms with van der Waals surface area (Å²) in [7, 11) is 17.0. The van der Waals surface area contributed by atoms with Gasteiger partial charge in [0.1, 0.15) is 72.3 Å². The maximum atomic E-state index is 15.6. The third-order valence-corrected chi connectivity index (χ3v) is 17.2. The molecule has 1 fully saturated rings. The molecule has 0 aromatic heterocycles. The fourth-order valence-corrected chi connectivity index (χ4v) is 11.3. The average Bonchev–Trinajstić information content (AvgIpc) is 0.922. The molecule has 2 rings (SSSR count). The van der Waals surface area contributed by atoms with E-state index in [2.05, 4.69) is 10.6 Å². The van der Waals surface area contributed by atoms with E-state index >= 15 is 19.2 Å². The number of cyclic esters (lactones) is 1. The normalized spacial score (nSPS) is 23.3. The largest absolute Gasteiger partial charge is 0.497 e.